The van der Waals surface area contributed by atoms with E-state index >= 15 is 0 Å². The summed E-state index contributed by atoms with van der Waals surface area (Å²) in [4.78, 5) is 8.89. The predicted octanol–water partition coefficient (Wildman–Crippen LogP) is 0.737. The van der Waals surface area contributed by atoms with Gasteiger partial charge in [0.15, 0.2) is 5.96 Å². The van der Waals surface area contributed by atoms with Crippen LogP contribution in [0.15, 0.2) is 29.3 Å². The average molecular weight is 307 g/mol. The Labute approximate surface area is 132 Å². The second-order valence-electron chi connectivity index (χ2n) is 5.79. The lowest BCUT2D eigenvalue weighted by Gasteiger charge is -2.37. The third-order valence-corrected chi connectivity index (χ3v) is 4.11. The zero-order chi connectivity index (χ0) is 15.9. The minimum absolute atomic E-state index is 0.195. The Morgan fingerprint density at radius 1 is 1.27 bits per heavy atom. The maximum Gasteiger partial charge on any atom is 0.191 e. The van der Waals surface area contributed by atoms with Crippen LogP contribution in [-0.2, 0) is 6.54 Å². The number of benzene rings is 1. The molecule has 0 amide bonds. The lowest BCUT2D eigenvalue weighted by atomic mass is 10.2. The van der Waals surface area contributed by atoms with Crippen molar-refractivity contribution in [3.05, 3.63) is 35.6 Å². The largest absolute Gasteiger partial charge is 0.355 e. The summed E-state index contributed by atoms with van der Waals surface area (Å²) in [6.45, 7) is 4.45. The summed E-state index contributed by atoms with van der Waals surface area (Å²) in [6, 6.07) is 7.23. The molecule has 2 rings (SSSR count). The van der Waals surface area contributed by atoms with Crippen LogP contribution in [0.3, 0.4) is 0 Å². The quantitative estimate of drug-likeness (QED) is 0.636. The summed E-state index contributed by atoms with van der Waals surface area (Å²) >= 11 is 0. The maximum atomic E-state index is 13.6. The molecule has 0 bridgehead atoms. The summed E-state index contributed by atoms with van der Waals surface area (Å²) in [6.07, 6.45) is 0. The lowest BCUT2D eigenvalue weighted by Crippen LogP contribution is -2.55. The van der Waals surface area contributed by atoms with Crippen molar-refractivity contribution in [2.24, 2.45) is 4.99 Å². The van der Waals surface area contributed by atoms with E-state index in [0.29, 0.717) is 24.1 Å². The molecule has 1 unspecified atom stereocenters. The van der Waals surface area contributed by atoms with Crippen LogP contribution in [0.4, 0.5) is 4.39 Å². The van der Waals surface area contributed by atoms with Crippen LogP contribution in [0, 0.1) is 5.82 Å². The number of nitrogens with one attached hydrogen (secondary N) is 2. The normalized spacial score (nSPS) is 20.9. The zero-order valence-electron chi connectivity index (χ0n) is 13.6. The Balaban J connectivity index is 1.81. The van der Waals surface area contributed by atoms with Gasteiger partial charge in [-0.05, 0) is 20.2 Å². The summed E-state index contributed by atoms with van der Waals surface area (Å²) < 4.78 is 13.6. The first-order valence-electron chi connectivity index (χ1n) is 7.67. The number of hydrogen-bond donors (Lipinski definition) is 2. The highest BCUT2D eigenvalue weighted by Gasteiger charge is 2.21. The Bertz CT molecular complexity index is 505. The highest BCUT2D eigenvalue weighted by molar-refractivity contribution is 5.79. The number of likely N-dealkylation sites (N-methyl/N-ethyl adjacent to an activating group) is 2. The number of hydrogen-bond acceptors (Lipinski definition) is 3. The highest BCUT2D eigenvalue weighted by atomic mass is 19.1. The van der Waals surface area contributed by atoms with Gasteiger partial charge in [0.05, 0.1) is 0 Å². The Hall–Kier alpha value is -1.66. The smallest absolute Gasteiger partial charge is 0.191 e. The summed E-state index contributed by atoms with van der Waals surface area (Å²) in [5.74, 6) is 0.504. The molecule has 0 radical (unpaired) electrons. The first kappa shape index (κ1) is 16.7. The Kier molecular flexibility index (Phi) is 6.15. The second-order valence-corrected chi connectivity index (χ2v) is 5.79. The number of halogens is 1. The fourth-order valence-corrected chi connectivity index (χ4v) is 2.58. The molecule has 1 atom stereocenters. The minimum Gasteiger partial charge on any atom is -0.355 e. The molecule has 0 saturated carbocycles. The monoisotopic (exact) mass is 307 g/mol. The molecule has 1 aliphatic rings. The summed E-state index contributed by atoms with van der Waals surface area (Å²) in [5.41, 5.74) is 0.639. The predicted molar refractivity (Wildman–Crippen MR) is 88.5 cm³/mol. The molecule has 5 nitrogen and oxygen atoms in total. The maximum absolute atomic E-state index is 13.6. The minimum atomic E-state index is -0.195. The molecule has 1 aromatic rings. The van der Waals surface area contributed by atoms with Gasteiger partial charge in [0.25, 0.3) is 0 Å². The lowest BCUT2D eigenvalue weighted by molar-refractivity contribution is 0.116. The van der Waals surface area contributed by atoms with Crippen LogP contribution in [-0.4, -0.2) is 69.1 Å². The van der Waals surface area contributed by atoms with Gasteiger partial charge in [-0.2, -0.15) is 0 Å². The third-order valence-electron chi connectivity index (χ3n) is 4.11. The third kappa shape index (κ3) is 4.68. The van der Waals surface area contributed by atoms with Crippen LogP contribution in [0.5, 0.6) is 0 Å². The van der Waals surface area contributed by atoms with Crippen LogP contribution in [0.2, 0.25) is 0 Å². The second kappa shape index (κ2) is 8.10. The number of aliphatic imine (C=N–C) groups is 1. The van der Waals surface area contributed by atoms with E-state index in [0.717, 1.165) is 26.2 Å². The van der Waals surface area contributed by atoms with Crippen molar-refractivity contribution in [3.8, 4) is 0 Å². The molecule has 0 aliphatic carbocycles. The van der Waals surface area contributed by atoms with Crippen molar-refractivity contribution in [1.82, 2.24) is 20.4 Å². The van der Waals surface area contributed by atoms with Gasteiger partial charge < -0.3 is 15.5 Å². The molecule has 2 N–H and O–H groups in total. The molecule has 6 heteroatoms. The van der Waals surface area contributed by atoms with Crippen molar-refractivity contribution < 1.29 is 4.39 Å². The molecule has 1 heterocycles. The van der Waals surface area contributed by atoms with Crippen LogP contribution in [0.25, 0.3) is 0 Å². The SMILES string of the molecule is CN=C(NCc1ccccc1F)NCC1CN(C)CCN1C. The van der Waals surface area contributed by atoms with Gasteiger partial charge in [-0.15, -0.1) is 0 Å². The van der Waals surface area contributed by atoms with E-state index in [1.54, 1.807) is 19.2 Å². The van der Waals surface area contributed by atoms with Gasteiger partial charge in [0.1, 0.15) is 5.82 Å². The van der Waals surface area contributed by atoms with Gasteiger partial charge in [-0.25, -0.2) is 4.39 Å². The fourth-order valence-electron chi connectivity index (χ4n) is 2.58. The van der Waals surface area contributed by atoms with Crippen molar-refractivity contribution in [2.75, 3.05) is 47.3 Å². The van der Waals surface area contributed by atoms with E-state index in [1.165, 1.54) is 6.07 Å². The van der Waals surface area contributed by atoms with Crippen molar-refractivity contribution >= 4 is 5.96 Å². The molecule has 0 spiro atoms. The number of rotatable bonds is 4. The molecule has 1 aromatic carbocycles. The first-order valence-corrected chi connectivity index (χ1v) is 7.67. The molecule has 0 aromatic heterocycles. The first-order chi connectivity index (χ1) is 10.6. The Morgan fingerprint density at radius 3 is 2.77 bits per heavy atom. The van der Waals surface area contributed by atoms with Crippen molar-refractivity contribution in [2.45, 2.75) is 12.6 Å². The van der Waals surface area contributed by atoms with E-state index in [4.69, 9.17) is 0 Å². The van der Waals surface area contributed by atoms with Gasteiger partial charge in [-0.1, -0.05) is 18.2 Å². The molecule has 1 aliphatic heterocycles. The van der Waals surface area contributed by atoms with E-state index < -0.39 is 0 Å². The average Bonchev–Trinajstić information content (AvgIpc) is 2.52. The van der Waals surface area contributed by atoms with Gasteiger partial charge in [0.2, 0.25) is 0 Å². The van der Waals surface area contributed by atoms with Crippen LogP contribution < -0.4 is 10.6 Å². The zero-order valence-corrected chi connectivity index (χ0v) is 13.6. The van der Waals surface area contributed by atoms with Gasteiger partial charge in [0, 0.05) is 51.4 Å². The highest BCUT2D eigenvalue weighted by Crippen LogP contribution is 2.06. The molecule has 1 fully saturated rings. The Morgan fingerprint density at radius 2 is 2.05 bits per heavy atom. The molecule has 122 valence electrons. The summed E-state index contributed by atoms with van der Waals surface area (Å²) in [5, 5.41) is 6.49. The summed E-state index contributed by atoms with van der Waals surface area (Å²) in [7, 11) is 6.02. The van der Waals surface area contributed by atoms with E-state index in [-0.39, 0.29) is 5.82 Å². The molecule has 22 heavy (non-hydrogen) atoms. The van der Waals surface area contributed by atoms with Crippen molar-refractivity contribution in [1.29, 1.82) is 0 Å². The standard InChI is InChI=1S/C16H26FN5/c1-18-16(19-10-13-6-4-5-7-15(13)17)20-11-14-12-21(2)8-9-22(14)3/h4-7,14H,8-12H2,1-3H3,(H2,18,19,20). The van der Waals surface area contributed by atoms with Crippen molar-refractivity contribution in [3.63, 3.8) is 0 Å². The topological polar surface area (TPSA) is 42.9 Å². The number of piperazine rings is 1. The van der Waals surface area contributed by atoms with Gasteiger partial charge in [-0.3, -0.25) is 9.89 Å². The fraction of sp³-hybridized carbons (Fsp3) is 0.562. The van der Waals surface area contributed by atoms with Crippen LogP contribution >= 0.6 is 0 Å². The van der Waals surface area contributed by atoms with E-state index in [9.17, 15) is 4.39 Å². The number of guanidine groups is 1. The molecule has 1 saturated heterocycles. The van der Waals surface area contributed by atoms with E-state index in [1.807, 2.05) is 6.07 Å². The van der Waals surface area contributed by atoms with Gasteiger partial charge >= 0.3 is 0 Å². The van der Waals surface area contributed by atoms with Crippen LogP contribution in [0.1, 0.15) is 5.56 Å². The molecular formula is C16H26FN5. The van der Waals surface area contributed by atoms with E-state index in [2.05, 4.69) is 39.5 Å². The molecular weight excluding hydrogens is 281 g/mol. The number of nitrogens with zero attached hydrogens (tertiary/aromatic N) is 3.